The van der Waals surface area contributed by atoms with Crippen molar-refractivity contribution in [1.29, 1.82) is 0 Å². The second kappa shape index (κ2) is 4.17. The normalized spacial score (nSPS) is 27.2. The van der Waals surface area contributed by atoms with E-state index in [1.807, 2.05) is 36.4 Å². The lowest BCUT2D eigenvalue weighted by atomic mass is 9.94. The van der Waals surface area contributed by atoms with Crippen LogP contribution in [0.25, 0.3) is 0 Å². The van der Waals surface area contributed by atoms with Crippen molar-refractivity contribution >= 4 is 9.84 Å². The van der Waals surface area contributed by atoms with Crippen LogP contribution >= 0.6 is 0 Å². The monoisotopic (exact) mass is 285 g/mol. The van der Waals surface area contributed by atoms with E-state index in [2.05, 4.69) is 17.0 Å². The van der Waals surface area contributed by atoms with E-state index in [1.54, 1.807) is 6.07 Å². The summed E-state index contributed by atoms with van der Waals surface area (Å²) in [5.74, 6) is 0. The fourth-order valence-corrected chi connectivity index (χ4v) is 5.12. The maximum Gasteiger partial charge on any atom is 0.194 e. The van der Waals surface area contributed by atoms with Crippen LogP contribution in [-0.4, -0.2) is 25.2 Å². The lowest BCUT2D eigenvalue weighted by molar-refractivity contribution is 0.110. The molecule has 0 amide bonds. The summed E-state index contributed by atoms with van der Waals surface area (Å²) >= 11 is 0. The smallest absolute Gasteiger partial charge is 0.194 e. The molecule has 2 unspecified atom stereocenters. The van der Waals surface area contributed by atoms with Gasteiger partial charge in [-0.25, -0.2) is 8.42 Å². The van der Waals surface area contributed by atoms with Crippen LogP contribution in [0.15, 0.2) is 59.5 Å². The molecule has 20 heavy (non-hydrogen) atoms. The Kier molecular flexibility index (Phi) is 2.53. The summed E-state index contributed by atoms with van der Waals surface area (Å²) in [7, 11) is -3.21. The summed E-state index contributed by atoms with van der Waals surface area (Å²) in [6, 6.07) is 17.6. The van der Waals surface area contributed by atoms with Crippen molar-refractivity contribution in [2.75, 3.05) is 6.54 Å². The fourth-order valence-electron chi connectivity index (χ4n) is 3.24. The molecule has 1 fully saturated rings. The average Bonchev–Trinajstić information content (AvgIpc) is 2.47. The van der Waals surface area contributed by atoms with Crippen LogP contribution in [0.3, 0.4) is 0 Å². The van der Waals surface area contributed by atoms with E-state index in [0.717, 1.165) is 24.1 Å². The molecule has 4 heteroatoms. The average molecular weight is 285 g/mol. The number of sulfone groups is 1. The van der Waals surface area contributed by atoms with Crippen LogP contribution in [0.2, 0.25) is 0 Å². The lowest BCUT2D eigenvalue weighted by Crippen LogP contribution is -2.52. The molecule has 2 aromatic rings. The topological polar surface area (TPSA) is 37.4 Å². The summed E-state index contributed by atoms with van der Waals surface area (Å²) in [5.41, 5.74) is 2.23. The zero-order valence-electron chi connectivity index (χ0n) is 10.9. The molecule has 3 nitrogen and oxygen atoms in total. The summed E-state index contributed by atoms with van der Waals surface area (Å²) in [6.45, 7) is 0.835. The molecule has 0 aromatic heterocycles. The Morgan fingerprint density at radius 3 is 2.40 bits per heavy atom. The Balaban J connectivity index is 1.94. The van der Waals surface area contributed by atoms with E-state index < -0.39 is 9.84 Å². The van der Waals surface area contributed by atoms with E-state index in [-0.39, 0.29) is 11.4 Å². The Morgan fingerprint density at radius 1 is 0.950 bits per heavy atom. The highest BCUT2D eigenvalue weighted by molar-refractivity contribution is 7.92. The minimum Gasteiger partial charge on any atom is -0.276 e. The van der Waals surface area contributed by atoms with Gasteiger partial charge in [-0.05, 0) is 29.7 Å². The Labute approximate surface area is 118 Å². The first kappa shape index (κ1) is 12.1. The minimum atomic E-state index is -3.21. The Hall–Kier alpha value is -1.65. The molecule has 2 aromatic carbocycles. The molecule has 0 aliphatic carbocycles. The highest BCUT2D eigenvalue weighted by Gasteiger charge is 2.46. The van der Waals surface area contributed by atoms with Crippen LogP contribution in [0.5, 0.6) is 0 Å². The van der Waals surface area contributed by atoms with Gasteiger partial charge in [0.15, 0.2) is 9.84 Å². The summed E-state index contributed by atoms with van der Waals surface area (Å²) in [4.78, 5) is 2.57. The van der Waals surface area contributed by atoms with Gasteiger partial charge >= 0.3 is 0 Å². The number of rotatable bonds is 1. The highest BCUT2D eigenvalue weighted by Crippen LogP contribution is 2.42. The zero-order valence-corrected chi connectivity index (χ0v) is 11.8. The van der Waals surface area contributed by atoms with Gasteiger partial charge in [-0.1, -0.05) is 42.5 Å². The molecule has 2 aliphatic rings. The molecule has 1 saturated heterocycles. The third kappa shape index (κ3) is 1.58. The third-order valence-electron chi connectivity index (χ3n) is 4.31. The highest BCUT2D eigenvalue weighted by atomic mass is 32.2. The van der Waals surface area contributed by atoms with Gasteiger partial charge in [0.05, 0.1) is 10.9 Å². The first-order chi connectivity index (χ1) is 9.68. The number of hydrogen-bond acceptors (Lipinski definition) is 3. The van der Waals surface area contributed by atoms with Crippen molar-refractivity contribution in [2.45, 2.75) is 22.7 Å². The van der Waals surface area contributed by atoms with Crippen molar-refractivity contribution in [3.63, 3.8) is 0 Å². The minimum absolute atomic E-state index is 0.0483. The van der Waals surface area contributed by atoms with Crippen LogP contribution < -0.4 is 0 Å². The van der Waals surface area contributed by atoms with E-state index in [1.165, 1.54) is 0 Å². The summed E-state index contributed by atoms with van der Waals surface area (Å²) < 4.78 is 25.2. The molecule has 2 aliphatic heterocycles. The molecule has 0 N–H and O–H groups in total. The number of hydrogen-bond donors (Lipinski definition) is 0. The van der Waals surface area contributed by atoms with Gasteiger partial charge in [0, 0.05) is 6.54 Å². The Bertz CT molecular complexity index is 755. The second-order valence-corrected chi connectivity index (χ2v) is 7.52. The van der Waals surface area contributed by atoms with Gasteiger partial charge in [0.1, 0.15) is 5.37 Å². The van der Waals surface area contributed by atoms with Gasteiger partial charge in [0.25, 0.3) is 0 Å². The van der Waals surface area contributed by atoms with E-state index in [0.29, 0.717) is 4.90 Å². The van der Waals surface area contributed by atoms with E-state index >= 15 is 0 Å². The van der Waals surface area contributed by atoms with Gasteiger partial charge in [-0.2, -0.15) is 0 Å². The largest absolute Gasteiger partial charge is 0.276 e. The molecule has 2 bridgehead atoms. The molecule has 102 valence electrons. The van der Waals surface area contributed by atoms with Crippen LogP contribution in [-0.2, 0) is 9.84 Å². The molecule has 2 heterocycles. The standard InChI is InChI=1S/C16H15NO2S/c18-20(19)14-8-4-7-13(11-14)16(17-10-9-15(17)20)12-5-2-1-3-6-12/h1-8,11,15-16H,9-10H2. The maximum atomic E-state index is 12.6. The van der Waals surface area contributed by atoms with Gasteiger partial charge in [-0.15, -0.1) is 0 Å². The second-order valence-electron chi connectivity index (χ2n) is 5.41. The lowest BCUT2D eigenvalue weighted by Gasteiger charge is -2.44. The molecule has 0 spiro atoms. The van der Waals surface area contributed by atoms with Gasteiger partial charge in [-0.3, -0.25) is 4.90 Å². The van der Waals surface area contributed by atoms with Gasteiger partial charge < -0.3 is 0 Å². The number of benzene rings is 2. The molecule has 0 radical (unpaired) electrons. The predicted octanol–water partition coefficient (Wildman–Crippen LogP) is 2.60. The molecule has 4 rings (SSSR count). The third-order valence-corrected chi connectivity index (χ3v) is 6.45. The zero-order chi connectivity index (χ0) is 13.7. The molecule has 2 atom stereocenters. The van der Waals surface area contributed by atoms with Crippen LogP contribution in [0, 0.1) is 0 Å². The van der Waals surface area contributed by atoms with Crippen molar-refractivity contribution in [3.8, 4) is 0 Å². The molecular formula is C16H15NO2S. The van der Waals surface area contributed by atoms with Crippen molar-refractivity contribution in [3.05, 3.63) is 65.7 Å². The van der Waals surface area contributed by atoms with Crippen molar-refractivity contribution in [2.24, 2.45) is 0 Å². The van der Waals surface area contributed by atoms with Gasteiger partial charge in [0.2, 0.25) is 0 Å². The van der Waals surface area contributed by atoms with E-state index in [4.69, 9.17) is 0 Å². The van der Waals surface area contributed by atoms with E-state index in [9.17, 15) is 8.42 Å². The maximum absolute atomic E-state index is 12.6. The first-order valence-corrected chi connectivity index (χ1v) is 8.37. The fraction of sp³-hybridized carbons (Fsp3) is 0.250. The molecular weight excluding hydrogens is 270 g/mol. The first-order valence-electron chi connectivity index (χ1n) is 6.82. The summed E-state index contributed by atoms with van der Waals surface area (Å²) in [5, 5.41) is -0.368. The van der Waals surface area contributed by atoms with Crippen LogP contribution in [0.1, 0.15) is 23.6 Å². The van der Waals surface area contributed by atoms with Crippen LogP contribution in [0.4, 0.5) is 0 Å². The number of fused-ring (bicyclic) bond motifs is 3. The quantitative estimate of drug-likeness (QED) is 0.808. The SMILES string of the molecule is O=S1(=O)c2cccc(c2)C(c2ccccc2)N2CCC21. The molecule has 0 saturated carbocycles. The summed E-state index contributed by atoms with van der Waals surface area (Å²) in [6.07, 6.45) is 0.726. The Morgan fingerprint density at radius 2 is 1.70 bits per heavy atom. The number of nitrogens with zero attached hydrogens (tertiary/aromatic N) is 1. The van der Waals surface area contributed by atoms with Crippen molar-refractivity contribution in [1.82, 2.24) is 4.90 Å². The van der Waals surface area contributed by atoms with Crippen molar-refractivity contribution < 1.29 is 8.42 Å². The predicted molar refractivity (Wildman–Crippen MR) is 77.0 cm³/mol.